The zero-order valence-electron chi connectivity index (χ0n) is 13.9. The van der Waals surface area contributed by atoms with Gasteiger partial charge in [-0.1, -0.05) is 18.6 Å². The molecule has 2 N–H and O–H groups in total. The van der Waals surface area contributed by atoms with E-state index in [4.69, 9.17) is 0 Å². The van der Waals surface area contributed by atoms with Crippen molar-refractivity contribution in [1.29, 1.82) is 0 Å². The predicted molar refractivity (Wildman–Crippen MR) is 93.5 cm³/mol. The van der Waals surface area contributed by atoms with Gasteiger partial charge < -0.3 is 10.6 Å². The van der Waals surface area contributed by atoms with Crippen LogP contribution in [0.3, 0.4) is 0 Å². The summed E-state index contributed by atoms with van der Waals surface area (Å²) in [7, 11) is -1.23. The first-order chi connectivity index (χ1) is 11.4. The minimum Gasteiger partial charge on any atom is -0.356 e. The summed E-state index contributed by atoms with van der Waals surface area (Å²) in [5, 5.41) is 6.53. The van der Waals surface area contributed by atoms with Gasteiger partial charge in [0.2, 0.25) is 0 Å². The molecule has 1 atom stereocenters. The molecule has 7 heteroatoms. The molecule has 0 bridgehead atoms. The van der Waals surface area contributed by atoms with Gasteiger partial charge in [0.05, 0.1) is 11.5 Å². The minimum absolute atomic E-state index is 0.00702. The van der Waals surface area contributed by atoms with Crippen LogP contribution in [0.2, 0.25) is 0 Å². The van der Waals surface area contributed by atoms with Crippen LogP contribution >= 0.6 is 0 Å². The summed E-state index contributed by atoms with van der Waals surface area (Å²) in [6.07, 6.45) is 3.89. The number of rotatable bonds is 4. The van der Waals surface area contributed by atoms with Crippen LogP contribution in [-0.2, 0) is 15.3 Å². The number of benzene rings is 1. The van der Waals surface area contributed by atoms with Gasteiger partial charge >= 0.3 is 0 Å². The highest BCUT2D eigenvalue weighted by atomic mass is 32.2. The van der Waals surface area contributed by atoms with Gasteiger partial charge in [0.25, 0.3) is 0 Å². The fourth-order valence-corrected chi connectivity index (χ4v) is 5.20. The fraction of sp³-hybridized carbons (Fsp3) is 0.588. The summed E-state index contributed by atoms with van der Waals surface area (Å²) in [4.78, 5) is 4.21. The zero-order valence-corrected chi connectivity index (χ0v) is 14.7. The molecule has 1 aromatic carbocycles. The lowest BCUT2D eigenvalue weighted by atomic mass is 9.64. The number of halogens is 1. The first-order valence-corrected chi connectivity index (χ1v) is 10.2. The van der Waals surface area contributed by atoms with Crippen molar-refractivity contribution in [3.8, 4) is 0 Å². The van der Waals surface area contributed by atoms with Crippen LogP contribution in [0.4, 0.5) is 4.39 Å². The second-order valence-corrected chi connectivity index (χ2v) is 9.04. The van der Waals surface area contributed by atoms with E-state index < -0.39 is 9.84 Å². The number of nitrogens with one attached hydrogen (secondary N) is 2. The van der Waals surface area contributed by atoms with E-state index in [9.17, 15) is 12.8 Å². The number of hydrogen-bond acceptors (Lipinski definition) is 3. The molecule has 1 aromatic rings. The molecule has 0 aromatic heterocycles. The smallest absolute Gasteiger partial charge is 0.191 e. The largest absolute Gasteiger partial charge is 0.356 e. The molecule has 2 fully saturated rings. The number of guanidine groups is 1. The van der Waals surface area contributed by atoms with Crippen molar-refractivity contribution >= 4 is 15.8 Å². The first kappa shape index (κ1) is 17.2. The monoisotopic (exact) mass is 353 g/mol. The summed E-state index contributed by atoms with van der Waals surface area (Å²) in [6, 6.07) is 6.65. The molecular weight excluding hydrogens is 329 g/mol. The van der Waals surface area contributed by atoms with E-state index in [-0.39, 0.29) is 28.8 Å². The van der Waals surface area contributed by atoms with Crippen molar-refractivity contribution in [2.45, 2.75) is 37.1 Å². The highest BCUT2D eigenvalue weighted by Gasteiger charge is 2.39. The van der Waals surface area contributed by atoms with E-state index in [1.54, 1.807) is 7.05 Å². The molecule has 132 valence electrons. The Bertz CT molecular complexity index is 712. The number of aliphatic imine (C=N–C) groups is 1. The van der Waals surface area contributed by atoms with E-state index in [2.05, 4.69) is 15.6 Å². The molecular formula is C17H24FN3O2S. The molecule has 3 rings (SSSR count). The van der Waals surface area contributed by atoms with E-state index >= 15 is 0 Å². The maximum absolute atomic E-state index is 13.2. The molecule has 1 unspecified atom stereocenters. The van der Waals surface area contributed by atoms with Crippen LogP contribution in [0.15, 0.2) is 29.3 Å². The fourth-order valence-electron chi connectivity index (χ4n) is 3.52. The summed E-state index contributed by atoms with van der Waals surface area (Å²) in [6.45, 7) is 0.706. The molecule has 1 aliphatic carbocycles. The molecule has 24 heavy (non-hydrogen) atoms. The molecule has 0 radical (unpaired) electrons. The van der Waals surface area contributed by atoms with Gasteiger partial charge in [0, 0.05) is 25.0 Å². The standard InChI is InChI=1S/C17H24FN3O2S/c1-19-16(21-15-7-10-24(22,23)11-15)20-12-17(8-2-9-17)13-3-5-14(18)6-4-13/h3-6,15H,2,7-12H2,1H3,(H2,19,20,21). The topological polar surface area (TPSA) is 70.6 Å². The third kappa shape index (κ3) is 3.71. The van der Waals surface area contributed by atoms with Gasteiger partial charge in [0.1, 0.15) is 5.82 Å². The van der Waals surface area contributed by atoms with E-state index in [0.29, 0.717) is 18.9 Å². The summed E-state index contributed by atoms with van der Waals surface area (Å²) in [5.41, 5.74) is 1.15. The van der Waals surface area contributed by atoms with Crippen molar-refractivity contribution in [3.63, 3.8) is 0 Å². The predicted octanol–water partition coefficient (Wildman–Crippen LogP) is 1.60. The molecule has 0 spiro atoms. The maximum atomic E-state index is 13.2. The molecule has 1 saturated heterocycles. The van der Waals surface area contributed by atoms with Crippen LogP contribution in [0, 0.1) is 5.82 Å². The lowest BCUT2D eigenvalue weighted by molar-refractivity contribution is 0.243. The van der Waals surface area contributed by atoms with Crippen molar-refractivity contribution in [3.05, 3.63) is 35.6 Å². The van der Waals surface area contributed by atoms with Gasteiger partial charge in [-0.15, -0.1) is 0 Å². The van der Waals surface area contributed by atoms with Crippen molar-refractivity contribution < 1.29 is 12.8 Å². The molecule has 5 nitrogen and oxygen atoms in total. The van der Waals surface area contributed by atoms with Gasteiger partial charge in [0.15, 0.2) is 15.8 Å². The number of hydrogen-bond donors (Lipinski definition) is 2. The number of sulfone groups is 1. The highest BCUT2D eigenvalue weighted by molar-refractivity contribution is 7.91. The maximum Gasteiger partial charge on any atom is 0.191 e. The Hall–Kier alpha value is -1.63. The second-order valence-electron chi connectivity index (χ2n) is 6.81. The number of nitrogens with zero attached hydrogens (tertiary/aromatic N) is 1. The lowest BCUT2D eigenvalue weighted by Crippen LogP contribution is -2.51. The third-order valence-corrected chi connectivity index (χ3v) is 6.93. The zero-order chi connectivity index (χ0) is 17.2. The second kappa shape index (κ2) is 6.70. The molecule has 0 amide bonds. The van der Waals surface area contributed by atoms with Crippen LogP contribution in [-0.4, -0.2) is 45.5 Å². The van der Waals surface area contributed by atoms with Crippen molar-refractivity contribution in [2.75, 3.05) is 25.1 Å². The molecule has 1 aliphatic heterocycles. The third-order valence-electron chi connectivity index (χ3n) is 5.16. The Labute approximate surface area is 142 Å². The van der Waals surface area contributed by atoms with Crippen molar-refractivity contribution in [1.82, 2.24) is 10.6 Å². The summed E-state index contributed by atoms with van der Waals surface area (Å²) >= 11 is 0. The summed E-state index contributed by atoms with van der Waals surface area (Å²) < 4.78 is 36.3. The Morgan fingerprint density at radius 2 is 2.04 bits per heavy atom. The van der Waals surface area contributed by atoms with Gasteiger partial charge in [-0.25, -0.2) is 12.8 Å². The van der Waals surface area contributed by atoms with Crippen LogP contribution in [0.5, 0.6) is 0 Å². The quantitative estimate of drug-likeness (QED) is 0.637. The average molecular weight is 353 g/mol. The van der Waals surface area contributed by atoms with Crippen LogP contribution in [0.25, 0.3) is 0 Å². The Morgan fingerprint density at radius 1 is 1.33 bits per heavy atom. The van der Waals surface area contributed by atoms with Crippen LogP contribution in [0.1, 0.15) is 31.2 Å². The first-order valence-electron chi connectivity index (χ1n) is 8.36. The normalized spacial score (nSPS) is 25.1. The molecule has 2 aliphatic rings. The molecule has 1 saturated carbocycles. The Balaban J connectivity index is 1.61. The Kier molecular flexibility index (Phi) is 4.80. The van der Waals surface area contributed by atoms with Gasteiger partial charge in [-0.3, -0.25) is 4.99 Å². The van der Waals surface area contributed by atoms with E-state index in [0.717, 1.165) is 24.8 Å². The van der Waals surface area contributed by atoms with E-state index in [1.165, 1.54) is 12.1 Å². The molecule has 1 heterocycles. The summed E-state index contributed by atoms with van der Waals surface area (Å²) in [5.74, 6) is 0.810. The van der Waals surface area contributed by atoms with Crippen molar-refractivity contribution in [2.24, 2.45) is 4.99 Å². The Morgan fingerprint density at radius 3 is 2.54 bits per heavy atom. The lowest BCUT2D eigenvalue weighted by Gasteiger charge is -2.43. The van der Waals surface area contributed by atoms with E-state index in [1.807, 2.05) is 12.1 Å². The van der Waals surface area contributed by atoms with Gasteiger partial charge in [-0.05, 0) is 37.0 Å². The van der Waals surface area contributed by atoms with Crippen LogP contribution < -0.4 is 10.6 Å². The SMILES string of the molecule is CN=C(NCC1(c2ccc(F)cc2)CCC1)NC1CCS(=O)(=O)C1. The highest BCUT2D eigenvalue weighted by Crippen LogP contribution is 2.43. The minimum atomic E-state index is -2.91. The van der Waals surface area contributed by atoms with Gasteiger partial charge in [-0.2, -0.15) is 0 Å². The average Bonchev–Trinajstić information content (AvgIpc) is 2.85.